The van der Waals surface area contributed by atoms with Gasteiger partial charge in [0.1, 0.15) is 0 Å². The third kappa shape index (κ3) is 2.18. The molecule has 2 amide bonds. The van der Waals surface area contributed by atoms with Crippen LogP contribution in [0.1, 0.15) is 6.92 Å². The first-order valence-electron chi connectivity index (χ1n) is 4.19. The zero-order chi connectivity index (χ0) is 9.68. The summed E-state index contributed by atoms with van der Waals surface area (Å²) < 4.78 is 0. The second kappa shape index (κ2) is 4.45. The van der Waals surface area contributed by atoms with Crippen LogP contribution in [0.15, 0.2) is 24.5 Å². The highest BCUT2D eigenvalue weighted by molar-refractivity contribution is 5.91. The molecule has 0 spiro atoms. The summed E-state index contributed by atoms with van der Waals surface area (Å²) in [6, 6.07) is 3.51. The molecular formula is C9H13N3O. The first-order chi connectivity index (χ1) is 6.29. The topological polar surface area (TPSA) is 45.2 Å². The van der Waals surface area contributed by atoms with E-state index in [0.717, 1.165) is 5.69 Å². The van der Waals surface area contributed by atoms with Gasteiger partial charge in [-0.1, -0.05) is 0 Å². The van der Waals surface area contributed by atoms with Crippen molar-refractivity contribution < 1.29 is 4.79 Å². The Bertz CT molecular complexity index is 273. The molecule has 0 fully saturated rings. The minimum absolute atomic E-state index is 0.103. The Morgan fingerprint density at radius 2 is 2.15 bits per heavy atom. The summed E-state index contributed by atoms with van der Waals surface area (Å²) in [4.78, 5) is 16.9. The van der Waals surface area contributed by atoms with Gasteiger partial charge in [0.05, 0.1) is 0 Å². The number of hydrogen-bond donors (Lipinski definition) is 1. The number of rotatable bonds is 2. The maximum atomic E-state index is 11.3. The lowest BCUT2D eigenvalue weighted by molar-refractivity contribution is 0.248. The molecule has 0 aliphatic carbocycles. The van der Waals surface area contributed by atoms with Crippen LogP contribution in [0.4, 0.5) is 10.5 Å². The Balaban J connectivity index is 2.85. The average Bonchev–Trinajstić information content (AvgIpc) is 2.20. The number of amides is 2. The molecule has 13 heavy (non-hydrogen) atoms. The largest absolute Gasteiger partial charge is 0.341 e. The fourth-order valence-electron chi connectivity index (χ4n) is 1.10. The second-order valence-electron chi connectivity index (χ2n) is 2.50. The fraction of sp³-hybridized carbons (Fsp3) is 0.333. The number of urea groups is 1. The van der Waals surface area contributed by atoms with Crippen LogP contribution in [-0.4, -0.2) is 24.6 Å². The summed E-state index contributed by atoms with van der Waals surface area (Å²) in [5.74, 6) is 0. The Morgan fingerprint density at radius 3 is 2.62 bits per heavy atom. The Morgan fingerprint density at radius 1 is 1.54 bits per heavy atom. The molecule has 0 radical (unpaired) electrons. The van der Waals surface area contributed by atoms with E-state index in [2.05, 4.69) is 10.3 Å². The Hall–Kier alpha value is -1.58. The highest BCUT2D eigenvalue weighted by atomic mass is 16.2. The van der Waals surface area contributed by atoms with E-state index in [-0.39, 0.29) is 6.03 Å². The van der Waals surface area contributed by atoms with Crippen LogP contribution in [0.25, 0.3) is 0 Å². The molecule has 0 atom stereocenters. The van der Waals surface area contributed by atoms with Crippen molar-refractivity contribution in [3.63, 3.8) is 0 Å². The number of anilines is 1. The van der Waals surface area contributed by atoms with E-state index in [1.54, 1.807) is 36.5 Å². The number of pyridine rings is 1. The standard InChI is InChI=1S/C9H13N3O/c1-3-12(9(13)10-2)8-4-6-11-7-5-8/h4-7H,3H2,1-2H3,(H,10,13). The second-order valence-corrected chi connectivity index (χ2v) is 2.50. The number of aromatic nitrogens is 1. The quantitative estimate of drug-likeness (QED) is 0.742. The van der Waals surface area contributed by atoms with E-state index in [0.29, 0.717) is 6.54 Å². The first kappa shape index (κ1) is 9.51. The zero-order valence-corrected chi connectivity index (χ0v) is 7.82. The lowest BCUT2D eigenvalue weighted by Gasteiger charge is -2.19. The van der Waals surface area contributed by atoms with Crippen LogP contribution in [-0.2, 0) is 0 Å². The highest BCUT2D eigenvalue weighted by Crippen LogP contribution is 2.11. The van der Waals surface area contributed by atoms with E-state index < -0.39 is 0 Å². The highest BCUT2D eigenvalue weighted by Gasteiger charge is 2.10. The Labute approximate surface area is 77.6 Å². The zero-order valence-electron chi connectivity index (χ0n) is 7.82. The molecule has 0 aliphatic rings. The number of nitrogens with one attached hydrogen (secondary N) is 1. The van der Waals surface area contributed by atoms with Gasteiger partial charge in [0.25, 0.3) is 0 Å². The molecule has 0 saturated heterocycles. The van der Waals surface area contributed by atoms with E-state index in [9.17, 15) is 4.79 Å². The van der Waals surface area contributed by atoms with Gasteiger partial charge in [-0.3, -0.25) is 9.88 Å². The smallest absolute Gasteiger partial charge is 0.321 e. The van der Waals surface area contributed by atoms with Gasteiger partial charge in [-0.25, -0.2) is 4.79 Å². The third-order valence-corrected chi connectivity index (χ3v) is 1.75. The molecule has 1 rings (SSSR count). The minimum Gasteiger partial charge on any atom is -0.341 e. The third-order valence-electron chi connectivity index (χ3n) is 1.75. The van der Waals surface area contributed by atoms with Crippen molar-refractivity contribution in [1.82, 2.24) is 10.3 Å². The van der Waals surface area contributed by atoms with E-state index in [4.69, 9.17) is 0 Å². The van der Waals surface area contributed by atoms with Crippen LogP contribution < -0.4 is 10.2 Å². The number of carbonyl (C=O) groups excluding carboxylic acids is 1. The SMILES string of the molecule is CCN(C(=O)NC)c1ccncc1. The summed E-state index contributed by atoms with van der Waals surface area (Å²) in [6.07, 6.45) is 3.34. The number of hydrogen-bond acceptors (Lipinski definition) is 2. The summed E-state index contributed by atoms with van der Waals surface area (Å²) in [5, 5.41) is 2.58. The van der Waals surface area contributed by atoms with Crippen molar-refractivity contribution in [2.24, 2.45) is 0 Å². The maximum Gasteiger partial charge on any atom is 0.321 e. The Kier molecular flexibility index (Phi) is 3.25. The minimum atomic E-state index is -0.103. The van der Waals surface area contributed by atoms with Gasteiger partial charge < -0.3 is 5.32 Å². The predicted octanol–water partition coefficient (Wildman–Crippen LogP) is 1.25. The molecule has 1 heterocycles. The molecule has 4 nitrogen and oxygen atoms in total. The first-order valence-corrected chi connectivity index (χ1v) is 4.19. The fourth-order valence-corrected chi connectivity index (χ4v) is 1.10. The maximum absolute atomic E-state index is 11.3. The van der Waals surface area contributed by atoms with Gasteiger partial charge in [-0.15, -0.1) is 0 Å². The van der Waals surface area contributed by atoms with Crippen molar-refractivity contribution in [3.8, 4) is 0 Å². The lowest BCUT2D eigenvalue weighted by Crippen LogP contribution is -2.37. The molecule has 4 heteroatoms. The normalized spacial score (nSPS) is 9.38. The lowest BCUT2D eigenvalue weighted by atomic mass is 10.3. The van der Waals surface area contributed by atoms with Gasteiger partial charge in [-0.2, -0.15) is 0 Å². The monoisotopic (exact) mass is 179 g/mol. The van der Waals surface area contributed by atoms with Crippen LogP contribution in [0.5, 0.6) is 0 Å². The van der Waals surface area contributed by atoms with Gasteiger partial charge in [0.15, 0.2) is 0 Å². The summed E-state index contributed by atoms with van der Waals surface area (Å²) in [7, 11) is 1.62. The summed E-state index contributed by atoms with van der Waals surface area (Å²) in [6.45, 7) is 2.57. The van der Waals surface area contributed by atoms with E-state index >= 15 is 0 Å². The molecule has 0 aliphatic heterocycles. The van der Waals surface area contributed by atoms with Gasteiger partial charge in [-0.05, 0) is 19.1 Å². The van der Waals surface area contributed by atoms with Crippen molar-refractivity contribution in [2.75, 3.05) is 18.5 Å². The molecule has 0 saturated carbocycles. The number of carbonyl (C=O) groups is 1. The molecule has 1 aromatic heterocycles. The van der Waals surface area contributed by atoms with Crippen LogP contribution in [0, 0.1) is 0 Å². The molecule has 0 bridgehead atoms. The van der Waals surface area contributed by atoms with Crippen molar-refractivity contribution >= 4 is 11.7 Å². The van der Waals surface area contributed by atoms with Gasteiger partial charge in [0.2, 0.25) is 0 Å². The van der Waals surface area contributed by atoms with Crippen LogP contribution in [0.3, 0.4) is 0 Å². The van der Waals surface area contributed by atoms with Crippen molar-refractivity contribution in [1.29, 1.82) is 0 Å². The molecule has 0 unspecified atom stereocenters. The van der Waals surface area contributed by atoms with E-state index in [1.165, 1.54) is 0 Å². The molecular weight excluding hydrogens is 166 g/mol. The molecule has 1 N–H and O–H groups in total. The summed E-state index contributed by atoms with van der Waals surface area (Å²) in [5.41, 5.74) is 0.858. The van der Waals surface area contributed by atoms with Gasteiger partial charge in [0, 0.05) is 31.7 Å². The van der Waals surface area contributed by atoms with Crippen LogP contribution in [0.2, 0.25) is 0 Å². The van der Waals surface area contributed by atoms with Crippen molar-refractivity contribution in [3.05, 3.63) is 24.5 Å². The van der Waals surface area contributed by atoms with E-state index in [1.807, 2.05) is 6.92 Å². The average molecular weight is 179 g/mol. The molecule has 1 aromatic rings. The molecule has 0 aromatic carbocycles. The van der Waals surface area contributed by atoms with Crippen molar-refractivity contribution in [2.45, 2.75) is 6.92 Å². The predicted molar refractivity (Wildman–Crippen MR) is 51.7 cm³/mol. The number of nitrogens with zero attached hydrogens (tertiary/aromatic N) is 2. The van der Waals surface area contributed by atoms with Gasteiger partial charge >= 0.3 is 6.03 Å². The molecule has 70 valence electrons. The van der Waals surface area contributed by atoms with Crippen LogP contribution >= 0.6 is 0 Å². The summed E-state index contributed by atoms with van der Waals surface area (Å²) >= 11 is 0.